The van der Waals surface area contributed by atoms with E-state index >= 15 is 4.39 Å². The molecular weight excluding hydrogens is 361 g/mol. The Morgan fingerprint density at radius 2 is 2.00 bits per heavy atom. The van der Waals surface area contributed by atoms with Crippen LogP contribution in [0.4, 0.5) is 10.1 Å². The first-order valence-corrected chi connectivity index (χ1v) is 9.13. The third kappa shape index (κ3) is 5.29. The van der Waals surface area contributed by atoms with E-state index in [2.05, 4.69) is 10.0 Å². The van der Waals surface area contributed by atoms with Gasteiger partial charge >= 0.3 is 0 Å². The molecule has 1 saturated heterocycles. The van der Waals surface area contributed by atoms with Crippen LogP contribution in [0.3, 0.4) is 0 Å². The average molecular weight is 389 g/mol. The maximum atomic E-state index is 15.2. The van der Waals surface area contributed by atoms with E-state index in [0.29, 0.717) is 38.4 Å². The number of amidine groups is 1. The molecule has 6 N–H and O–H groups in total. The Labute approximate surface area is 164 Å². The maximum absolute atomic E-state index is 15.2. The van der Waals surface area contributed by atoms with Gasteiger partial charge in [-0.05, 0) is 44.3 Å². The lowest BCUT2D eigenvalue weighted by molar-refractivity contribution is 0.230. The molecule has 1 heterocycles. The Morgan fingerprint density at radius 1 is 1.32 bits per heavy atom. The Kier molecular flexibility index (Phi) is 7.51. The fourth-order valence-corrected chi connectivity index (χ4v) is 3.07. The van der Waals surface area contributed by atoms with Crippen LogP contribution < -0.4 is 21.1 Å². The molecule has 0 aromatic heterocycles. The highest BCUT2D eigenvalue weighted by Crippen LogP contribution is 2.33. The van der Waals surface area contributed by atoms with Crippen LogP contribution in [0.1, 0.15) is 19.4 Å². The molecule has 1 aliphatic rings. The number of piperazine rings is 1. The summed E-state index contributed by atoms with van der Waals surface area (Å²) in [5.74, 6) is -0.677. The van der Waals surface area contributed by atoms with Gasteiger partial charge < -0.3 is 21.1 Å². The lowest BCUT2D eigenvalue weighted by Crippen LogP contribution is -2.48. The first-order chi connectivity index (χ1) is 13.4. The highest BCUT2D eigenvalue weighted by atomic mass is 19.1. The van der Waals surface area contributed by atoms with E-state index in [-0.39, 0.29) is 28.9 Å². The number of benzene rings is 1. The zero-order valence-corrected chi connectivity index (χ0v) is 16.3. The number of hydrogen-bond donors (Lipinski definition) is 4. The molecule has 0 aliphatic carbocycles. The van der Waals surface area contributed by atoms with Crippen LogP contribution in [0.2, 0.25) is 0 Å². The summed E-state index contributed by atoms with van der Waals surface area (Å²) in [6.07, 6.45) is 4.69. The second-order valence-electron chi connectivity index (χ2n) is 6.79. The Balaban J connectivity index is 2.22. The van der Waals surface area contributed by atoms with Crippen molar-refractivity contribution in [2.24, 2.45) is 16.6 Å². The SMILES string of the molecule is CC(C)Oc1ccc(C(=N)N=N)c(N2CCN(C/C(N)=C/C=C\N)CC2)c1F. The fraction of sp³-hybridized carbons (Fsp3) is 0.421. The summed E-state index contributed by atoms with van der Waals surface area (Å²) >= 11 is 0. The van der Waals surface area contributed by atoms with Crippen LogP contribution in [0.15, 0.2) is 41.3 Å². The van der Waals surface area contributed by atoms with Crippen LogP contribution in [-0.2, 0) is 0 Å². The van der Waals surface area contributed by atoms with Gasteiger partial charge in [0.25, 0.3) is 0 Å². The number of ether oxygens (including phenoxy) is 1. The lowest BCUT2D eigenvalue weighted by atomic mass is 10.1. The maximum Gasteiger partial charge on any atom is 0.189 e. The Morgan fingerprint density at radius 3 is 2.57 bits per heavy atom. The summed E-state index contributed by atoms with van der Waals surface area (Å²) in [5, 5.41) is 11.1. The van der Waals surface area contributed by atoms with Gasteiger partial charge in [0, 0.05) is 44.0 Å². The molecule has 1 aromatic carbocycles. The third-order valence-corrected chi connectivity index (χ3v) is 4.33. The smallest absolute Gasteiger partial charge is 0.189 e. The van der Waals surface area contributed by atoms with E-state index in [0.717, 1.165) is 0 Å². The third-order valence-electron chi connectivity index (χ3n) is 4.33. The van der Waals surface area contributed by atoms with Crippen molar-refractivity contribution in [3.05, 3.63) is 47.6 Å². The molecule has 152 valence electrons. The summed E-state index contributed by atoms with van der Waals surface area (Å²) in [7, 11) is 0. The van der Waals surface area contributed by atoms with Crippen LogP contribution in [-0.4, -0.2) is 49.6 Å². The van der Waals surface area contributed by atoms with Gasteiger partial charge in [0.2, 0.25) is 0 Å². The quantitative estimate of drug-likeness (QED) is 0.246. The number of halogens is 1. The molecule has 0 radical (unpaired) electrons. The second kappa shape index (κ2) is 9.84. The van der Waals surface area contributed by atoms with E-state index < -0.39 is 5.82 Å². The second-order valence-corrected chi connectivity index (χ2v) is 6.79. The molecule has 1 aromatic rings. The van der Waals surface area contributed by atoms with Gasteiger partial charge in [0.1, 0.15) is 0 Å². The molecule has 9 heteroatoms. The van der Waals surface area contributed by atoms with Gasteiger partial charge in [0.15, 0.2) is 17.4 Å². The van der Waals surface area contributed by atoms with Crippen molar-refractivity contribution in [3.63, 3.8) is 0 Å². The number of rotatable bonds is 7. The fourth-order valence-electron chi connectivity index (χ4n) is 3.07. The minimum atomic E-state index is -0.527. The molecule has 0 amide bonds. The van der Waals surface area contributed by atoms with Gasteiger partial charge in [-0.1, -0.05) is 0 Å². The highest BCUT2D eigenvalue weighted by Gasteiger charge is 2.26. The molecular formula is C19H28FN7O. The molecule has 28 heavy (non-hydrogen) atoms. The van der Waals surface area contributed by atoms with E-state index in [4.69, 9.17) is 27.1 Å². The zero-order valence-electron chi connectivity index (χ0n) is 16.3. The number of hydrogen-bond acceptors (Lipinski definition) is 7. The van der Waals surface area contributed by atoms with Gasteiger partial charge in [-0.2, -0.15) is 0 Å². The van der Waals surface area contributed by atoms with Crippen molar-refractivity contribution in [2.75, 3.05) is 37.6 Å². The molecule has 0 bridgehead atoms. The van der Waals surface area contributed by atoms with E-state index in [1.807, 2.05) is 18.7 Å². The predicted octanol–water partition coefficient (Wildman–Crippen LogP) is 2.41. The van der Waals surface area contributed by atoms with Crippen LogP contribution >= 0.6 is 0 Å². The topological polar surface area (TPSA) is 128 Å². The first kappa shape index (κ1) is 21.4. The number of anilines is 1. The minimum absolute atomic E-state index is 0.134. The van der Waals surface area contributed by atoms with Gasteiger partial charge in [-0.3, -0.25) is 10.3 Å². The van der Waals surface area contributed by atoms with Crippen molar-refractivity contribution >= 4 is 11.5 Å². The summed E-state index contributed by atoms with van der Waals surface area (Å²) < 4.78 is 20.7. The van der Waals surface area contributed by atoms with E-state index in [9.17, 15) is 0 Å². The first-order valence-electron chi connectivity index (χ1n) is 9.13. The monoisotopic (exact) mass is 389 g/mol. The van der Waals surface area contributed by atoms with Gasteiger partial charge in [0.05, 0.1) is 11.8 Å². The van der Waals surface area contributed by atoms with Gasteiger partial charge in [-0.25, -0.2) is 9.92 Å². The van der Waals surface area contributed by atoms with Crippen LogP contribution in [0, 0.1) is 16.8 Å². The largest absolute Gasteiger partial charge is 0.488 e. The van der Waals surface area contributed by atoms with Crippen molar-refractivity contribution in [3.8, 4) is 5.75 Å². The zero-order chi connectivity index (χ0) is 20.7. The lowest BCUT2D eigenvalue weighted by Gasteiger charge is -2.37. The van der Waals surface area contributed by atoms with Crippen LogP contribution in [0.5, 0.6) is 5.75 Å². The molecule has 0 unspecified atom stereocenters. The molecule has 8 nitrogen and oxygen atoms in total. The molecule has 0 atom stereocenters. The number of allylic oxidation sites excluding steroid dienone is 2. The molecule has 0 spiro atoms. The van der Waals surface area contributed by atoms with E-state index in [1.165, 1.54) is 12.3 Å². The Hall–Kier alpha value is -2.94. The Bertz CT molecular complexity index is 768. The summed E-state index contributed by atoms with van der Waals surface area (Å²) in [6.45, 7) is 6.72. The summed E-state index contributed by atoms with van der Waals surface area (Å²) in [5.41, 5.74) is 19.7. The van der Waals surface area contributed by atoms with Crippen molar-refractivity contribution in [2.45, 2.75) is 20.0 Å². The number of nitrogens with one attached hydrogen (secondary N) is 2. The van der Waals surface area contributed by atoms with Crippen molar-refractivity contribution in [1.82, 2.24) is 4.90 Å². The standard InChI is InChI=1S/C19H28FN7O/c1-13(2)28-16-6-5-15(19(23)25-24)18(17(16)20)27-10-8-26(9-11-27)12-14(22)4-3-7-21/h3-7,13,23-24H,8-12,21-22H2,1-2H3/b7-3-,14-4-,23-19?,25-24?. The molecule has 1 aliphatic heterocycles. The van der Waals surface area contributed by atoms with Crippen LogP contribution in [0.25, 0.3) is 0 Å². The van der Waals surface area contributed by atoms with E-state index in [1.54, 1.807) is 18.2 Å². The van der Waals surface area contributed by atoms with Crippen molar-refractivity contribution in [1.29, 1.82) is 10.9 Å². The molecule has 0 saturated carbocycles. The molecule has 2 rings (SSSR count). The predicted molar refractivity (Wildman–Crippen MR) is 108 cm³/mol. The number of nitrogens with two attached hydrogens (primary N) is 2. The minimum Gasteiger partial charge on any atom is -0.488 e. The normalized spacial score (nSPS) is 16.0. The summed E-state index contributed by atoms with van der Waals surface area (Å²) in [4.78, 5) is 4.03. The highest BCUT2D eigenvalue weighted by molar-refractivity contribution is 6.02. The number of nitrogens with zero attached hydrogens (tertiary/aromatic N) is 3. The molecule has 1 fully saturated rings. The van der Waals surface area contributed by atoms with Crippen molar-refractivity contribution < 1.29 is 9.13 Å². The summed E-state index contributed by atoms with van der Waals surface area (Å²) in [6, 6.07) is 3.07. The van der Waals surface area contributed by atoms with Gasteiger partial charge in [-0.15, -0.1) is 5.11 Å². The average Bonchev–Trinajstić information content (AvgIpc) is 2.67.